The second-order valence-corrected chi connectivity index (χ2v) is 4.30. The van der Waals surface area contributed by atoms with E-state index in [1.54, 1.807) is 13.3 Å². The van der Waals surface area contributed by atoms with Gasteiger partial charge in [-0.25, -0.2) is 14.6 Å². The monoisotopic (exact) mass is 322 g/mol. The lowest BCUT2D eigenvalue weighted by atomic mass is 10.3. The Hall–Kier alpha value is -3.03. The zero-order chi connectivity index (χ0) is 17.2. The number of aliphatic carboxylic acids is 2. The van der Waals surface area contributed by atoms with Crippen molar-refractivity contribution >= 4 is 11.9 Å². The third kappa shape index (κ3) is 6.51. The number of imidazole rings is 1. The molecule has 1 aromatic carbocycles. The first-order chi connectivity index (χ1) is 10.9. The molecule has 0 unspecified atom stereocenters. The maximum atomic E-state index is 9.10. The van der Waals surface area contributed by atoms with Crippen LogP contribution in [0.3, 0.4) is 0 Å². The highest BCUT2D eigenvalue weighted by Gasteiger charge is 2.04. The highest BCUT2D eigenvalue weighted by Crippen LogP contribution is 2.16. The molecule has 1 heterocycles. The molecule has 0 amide bonds. The van der Waals surface area contributed by atoms with Gasteiger partial charge in [-0.05, 0) is 31.2 Å². The van der Waals surface area contributed by atoms with E-state index >= 15 is 0 Å². The molecular weight excluding hydrogens is 304 g/mol. The first kappa shape index (κ1) is 18.0. The van der Waals surface area contributed by atoms with Gasteiger partial charge in [0.05, 0.1) is 13.7 Å². The summed E-state index contributed by atoms with van der Waals surface area (Å²) >= 11 is 0. The summed E-state index contributed by atoms with van der Waals surface area (Å²) in [6.07, 6.45) is 3.75. The van der Waals surface area contributed by atoms with Crippen molar-refractivity contribution in [2.45, 2.75) is 13.5 Å². The molecule has 0 radical (unpaired) electrons. The molecule has 0 aliphatic carbocycles. The Kier molecular flexibility index (Phi) is 7.12. The molecule has 2 N–H and O–H groups in total. The lowest BCUT2D eigenvalue weighted by Crippen LogP contribution is -2.09. The Morgan fingerprint density at radius 1 is 1.13 bits per heavy atom. The zero-order valence-corrected chi connectivity index (χ0v) is 12.8. The standard InChI is InChI=1S/C13H16N2O2.C2H2O4/c1-11-14-7-8-15(11)9-10-17-13-5-3-12(16-2)4-6-13;3-1(4)2(5)6/h3-8H,9-10H2,1-2H3;(H,3,4)(H,5,6). The lowest BCUT2D eigenvalue weighted by molar-refractivity contribution is -0.159. The predicted molar refractivity (Wildman–Crippen MR) is 80.7 cm³/mol. The minimum atomic E-state index is -1.82. The van der Waals surface area contributed by atoms with Gasteiger partial charge in [0, 0.05) is 12.4 Å². The summed E-state index contributed by atoms with van der Waals surface area (Å²) in [5, 5.41) is 14.8. The Morgan fingerprint density at radius 2 is 1.70 bits per heavy atom. The van der Waals surface area contributed by atoms with Crippen LogP contribution < -0.4 is 9.47 Å². The fourth-order valence-electron chi connectivity index (χ4n) is 1.57. The number of ether oxygens (including phenoxy) is 2. The van der Waals surface area contributed by atoms with Gasteiger partial charge in [-0.2, -0.15) is 0 Å². The Labute approximate surface area is 132 Å². The minimum absolute atomic E-state index is 0.629. The number of aryl methyl sites for hydroxylation is 1. The van der Waals surface area contributed by atoms with Crippen LogP contribution in [0.15, 0.2) is 36.7 Å². The molecule has 0 aliphatic rings. The van der Waals surface area contributed by atoms with E-state index in [0.29, 0.717) is 6.61 Å². The van der Waals surface area contributed by atoms with Crippen molar-refractivity contribution in [1.82, 2.24) is 9.55 Å². The van der Waals surface area contributed by atoms with Gasteiger partial charge in [-0.1, -0.05) is 0 Å². The van der Waals surface area contributed by atoms with Gasteiger partial charge in [-0.15, -0.1) is 0 Å². The summed E-state index contributed by atoms with van der Waals surface area (Å²) in [6.45, 7) is 3.41. The summed E-state index contributed by atoms with van der Waals surface area (Å²) in [5.41, 5.74) is 0. The van der Waals surface area contributed by atoms with Crippen LogP contribution in [0.5, 0.6) is 11.5 Å². The van der Waals surface area contributed by atoms with Crippen molar-refractivity contribution in [3.8, 4) is 11.5 Å². The van der Waals surface area contributed by atoms with Crippen LogP contribution >= 0.6 is 0 Å². The largest absolute Gasteiger partial charge is 0.497 e. The van der Waals surface area contributed by atoms with E-state index in [1.807, 2.05) is 37.4 Å². The minimum Gasteiger partial charge on any atom is -0.497 e. The van der Waals surface area contributed by atoms with Gasteiger partial charge >= 0.3 is 11.9 Å². The highest BCUT2D eigenvalue weighted by atomic mass is 16.5. The number of hydrogen-bond donors (Lipinski definition) is 2. The van der Waals surface area contributed by atoms with E-state index in [1.165, 1.54) is 0 Å². The van der Waals surface area contributed by atoms with Crippen molar-refractivity contribution in [1.29, 1.82) is 0 Å². The summed E-state index contributed by atoms with van der Waals surface area (Å²) in [4.78, 5) is 22.4. The summed E-state index contributed by atoms with van der Waals surface area (Å²) in [5.74, 6) is -0.959. The van der Waals surface area contributed by atoms with Crippen LogP contribution in [0.25, 0.3) is 0 Å². The first-order valence-corrected chi connectivity index (χ1v) is 6.65. The summed E-state index contributed by atoms with van der Waals surface area (Å²) in [7, 11) is 1.65. The van der Waals surface area contributed by atoms with Gasteiger partial charge in [-0.3, -0.25) is 0 Å². The Morgan fingerprint density at radius 3 is 2.13 bits per heavy atom. The molecule has 124 valence electrons. The molecular formula is C15H18N2O6. The quantitative estimate of drug-likeness (QED) is 0.801. The SMILES string of the molecule is COc1ccc(OCCn2ccnc2C)cc1.O=C(O)C(=O)O. The first-order valence-electron chi connectivity index (χ1n) is 6.65. The highest BCUT2D eigenvalue weighted by molar-refractivity contribution is 6.27. The number of methoxy groups -OCH3 is 1. The van der Waals surface area contributed by atoms with E-state index in [-0.39, 0.29) is 0 Å². The maximum Gasteiger partial charge on any atom is 0.414 e. The third-order valence-electron chi connectivity index (χ3n) is 2.77. The molecule has 0 bridgehead atoms. The zero-order valence-electron chi connectivity index (χ0n) is 12.8. The van der Waals surface area contributed by atoms with Gasteiger partial charge in [0.1, 0.15) is 23.9 Å². The van der Waals surface area contributed by atoms with Crippen LogP contribution in [-0.2, 0) is 16.1 Å². The molecule has 0 aliphatic heterocycles. The Balaban J connectivity index is 0.000000379. The van der Waals surface area contributed by atoms with Crippen LogP contribution in [0.2, 0.25) is 0 Å². The van der Waals surface area contributed by atoms with E-state index in [9.17, 15) is 0 Å². The molecule has 1 aromatic heterocycles. The average Bonchev–Trinajstić information content (AvgIpc) is 2.94. The molecule has 2 aromatic rings. The predicted octanol–water partition coefficient (Wildman–Crippen LogP) is 1.43. The van der Waals surface area contributed by atoms with E-state index in [4.69, 9.17) is 29.3 Å². The smallest absolute Gasteiger partial charge is 0.414 e. The van der Waals surface area contributed by atoms with Crippen molar-refractivity contribution < 1.29 is 29.3 Å². The van der Waals surface area contributed by atoms with Crippen molar-refractivity contribution in [2.24, 2.45) is 0 Å². The number of benzene rings is 1. The van der Waals surface area contributed by atoms with Gasteiger partial charge in [0.25, 0.3) is 0 Å². The van der Waals surface area contributed by atoms with Gasteiger partial charge in [0.15, 0.2) is 0 Å². The van der Waals surface area contributed by atoms with Gasteiger partial charge < -0.3 is 24.3 Å². The molecule has 0 saturated heterocycles. The van der Waals surface area contributed by atoms with E-state index in [2.05, 4.69) is 9.55 Å². The van der Waals surface area contributed by atoms with Crippen LogP contribution in [-0.4, -0.2) is 45.4 Å². The molecule has 2 rings (SSSR count). The summed E-state index contributed by atoms with van der Waals surface area (Å²) in [6, 6.07) is 7.58. The van der Waals surface area contributed by atoms with Crippen molar-refractivity contribution in [2.75, 3.05) is 13.7 Å². The topological polar surface area (TPSA) is 111 Å². The average molecular weight is 322 g/mol. The lowest BCUT2D eigenvalue weighted by Gasteiger charge is -2.08. The van der Waals surface area contributed by atoms with Crippen LogP contribution in [0.1, 0.15) is 5.82 Å². The normalized spacial score (nSPS) is 9.48. The second-order valence-electron chi connectivity index (χ2n) is 4.30. The number of hydrogen-bond acceptors (Lipinski definition) is 5. The number of carbonyl (C=O) groups is 2. The number of nitrogens with zero attached hydrogens (tertiary/aromatic N) is 2. The van der Waals surface area contributed by atoms with Crippen molar-refractivity contribution in [3.63, 3.8) is 0 Å². The van der Waals surface area contributed by atoms with Crippen molar-refractivity contribution in [3.05, 3.63) is 42.5 Å². The van der Waals surface area contributed by atoms with Crippen LogP contribution in [0, 0.1) is 6.92 Å². The number of aromatic nitrogens is 2. The molecule has 0 spiro atoms. The van der Waals surface area contributed by atoms with Gasteiger partial charge in [0.2, 0.25) is 0 Å². The number of rotatable bonds is 5. The molecule has 0 fully saturated rings. The Bertz CT molecular complexity index is 624. The van der Waals surface area contributed by atoms with E-state index in [0.717, 1.165) is 23.9 Å². The fourth-order valence-corrected chi connectivity index (χ4v) is 1.57. The maximum absolute atomic E-state index is 9.10. The number of carboxylic acids is 2. The number of carboxylic acid groups (broad SMARTS) is 2. The molecule has 0 atom stereocenters. The molecule has 8 nitrogen and oxygen atoms in total. The summed E-state index contributed by atoms with van der Waals surface area (Å²) < 4.78 is 12.8. The fraction of sp³-hybridized carbons (Fsp3) is 0.267. The molecule has 23 heavy (non-hydrogen) atoms. The van der Waals surface area contributed by atoms with Crippen LogP contribution in [0.4, 0.5) is 0 Å². The van der Waals surface area contributed by atoms with E-state index < -0.39 is 11.9 Å². The third-order valence-corrected chi connectivity index (χ3v) is 2.77. The molecule has 8 heteroatoms. The second kappa shape index (κ2) is 9.08. The molecule has 0 saturated carbocycles.